The van der Waals surface area contributed by atoms with Crippen LogP contribution in [0, 0.1) is 0 Å². The van der Waals surface area contributed by atoms with Crippen molar-refractivity contribution >= 4 is 5.91 Å². The number of aliphatic hydroxyl groups excluding tert-OH is 1. The van der Waals surface area contributed by atoms with Crippen molar-refractivity contribution in [2.45, 2.75) is 26.2 Å². The van der Waals surface area contributed by atoms with Crippen LogP contribution in [-0.2, 0) is 4.79 Å². The quantitative estimate of drug-likeness (QED) is 0.584. The molecule has 4 nitrogen and oxygen atoms in total. The molecule has 1 unspecified atom stereocenters. The minimum absolute atomic E-state index is 0.0636. The number of carbonyl (C=O) groups excluding carboxylic acids is 1. The monoisotopic (exact) mass is 174 g/mol. The molecule has 1 aliphatic heterocycles. The Balaban J connectivity index is 2.83. The Kier molecular flexibility index (Phi) is 2.32. The lowest BCUT2D eigenvalue weighted by molar-refractivity contribution is -0.128. The molecular weight excluding hydrogens is 163 g/mol. The third-order valence-corrected chi connectivity index (χ3v) is 1.62. The van der Waals surface area contributed by atoms with E-state index in [4.69, 9.17) is 0 Å². The van der Waals surface area contributed by atoms with E-state index in [0.717, 1.165) is 6.20 Å². The van der Waals surface area contributed by atoms with Gasteiger partial charge in [-0.25, -0.2) is 0 Å². The highest BCUT2D eigenvalue weighted by molar-refractivity contribution is 5.91. The Hall–Kier alpha value is -1.10. The Bertz CT molecular complexity index is 227. The lowest BCUT2D eigenvalue weighted by Gasteiger charge is -2.33. The summed E-state index contributed by atoms with van der Waals surface area (Å²) in [6.07, 6.45) is -0.120. The summed E-state index contributed by atoms with van der Waals surface area (Å²) in [4.78, 5) is 11.9. The lowest BCUT2D eigenvalue weighted by Crippen LogP contribution is -2.52. The molecule has 0 spiro atoms. The van der Waals surface area contributed by atoms with Gasteiger partial charge >= 0.3 is 0 Å². The number of carbonyl (C=O) groups is 1. The minimum atomic E-state index is -1.13. The van der Waals surface area contributed by atoms with Gasteiger partial charge in [0.05, 0.1) is 0 Å². The summed E-state index contributed by atoms with van der Waals surface area (Å²) in [5.74, 6) is -1.76. The maximum absolute atomic E-state index is 12.7. The molecule has 1 amide bonds. The van der Waals surface area contributed by atoms with Gasteiger partial charge in [-0.05, 0) is 13.8 Å². The van der Waals surface area contributed by atoms with Crippen LogP contribution in [0.15, 0.2) is 12.0 Å². The van der Waals surface area contributed by atoms with Crippen LogP contribution in [0.4, 0.5) is 4.39 Å². The van der Waals surface area contributed by atoms with Gasteiger partial charge in [0.25, 0.3) is 5.91 Å². The zero-order valence-electron chi connectivity index (χ0n) is 6.91. The largest absolute Gasteiger partial charge is 0.356 e. The van der Waals surface area contributed by atoms with Crippen molar-refractivity contribution in [2.24, 2.45) is 0 Å². The second kappa shape index (κ2) is 3.10. The minimum Gasteiger partial charge on any atom is -0.356 e. The summed E-state index contributed by atoms with van der Waals surface area (Å²) in [6.45, 7) is 3.56. The van der Waals surface area contributed by atoms with Crippen molar-refractivity contribution in [3.05, 3.63) is 12.0 Å². The summed E-state index contributed by atoms with van der Waals surface area (Å²) in [5.41, 5.74) is 0. The van der Waals surface area contributed by atoms with E-state index in [1.807, 2.05) is 0 Å². The number of hydrogen-bond donors (Lipinski definition) is 2. The number of nitrogens with one attached hydrogen (secondary N) is 1. The molecule has 0 aliphatic carbocycles. The SMILES string of the molecule is CC(C)N1C=C(F)C(=O)NC1O. The van der Waals surface area contributed by atoms with Crippen molar-refractivity contribution in [1.82, 2.24) is 10.2 Å². The Labute approximate surface area is 69.7 Å². The zero-order valence-corrected chi connectivity index (χ0v) is 6.91. The van der Waals surface area contributed by atoms with E-state index in [-0.39, 0.29) is 6.04 Å². The van der Waals surface area contributed by atoms with Gasteiger partial charge in [0.1, 0.15) is 0 Å². The van der Waals surface area contributed by atoms with Crippen LogP contribution < -0.4 is 5.32 Å². The van der Waals surface area contributed by atoms with E-state index in [0.29, 0.717) is 0 Å². The molecule has 1 atom stereocenters. The summed E-state index contributed by atoms with van der Waals surface area (Å²) < 4.78 is 12.7. The summed E-state index contributed by atoms with van der Waals surface area (Å²) in [5, 5.41) is 11.3. The third-order valence-electron chi connectivity index (χ3n) is 1.62. The summed E-state index contributed by atoms with van der Waals surface area (Å²) in [7, 11) is 0. The molecule has 68 valence electrons. The first-order valence-electron chi connectivity index (χ1n) is 3.66. The van der Waals surface area contributed by atoms with Crippen molar-refractivity contribution in [2.75, 3.05) is 0 Å². The van der Waals surface area contributed by atoms with E-state index in [1.54, 1.807) is 13.8 Å². The van der Waals surface area contributed by atoms with Crippen LogP contribution in [-0.4, -0.2) is 28.3 Å². The van der Waals surface area contributed by atoms with Crippen molar-refractivity contribution < 1.29 is 14.3 Å². The van der Waals surface area contributed by atoms with E-state index in [1.165, 1.54) is 4.90 Å². The van der Waals surface area contributed by atoms with Gasteiger partial charge in [-0.15, -0.1) is 0 Å². The van der Waals surface area contributed by atoms with Gasteiger partial charge in [0, 0.05) is 12.2 Å². The van der Waals surface area contributed by atoms with Crippen LogP contribution in [0.5, 0.6) is 0 Å². The molecule has 5 heteroatoms. The van der Waals surface area contributed by atoms with Gasteiger partial charge in [-0.1, -0.05) is 0 Å². The van der Waals surface area contributed by atoms with Crippen LogP contribution in [0.3, 0.4) is 0 Å². The van der Waals surface area contributed by atoms with Gasteiger partial charge in [0.15, 0.2) is 0 Å². The molecule has 0 aromatic heterocycles. The molecule has 0 saturated carbocycles. The normalized spacial score (nSPS) is 24.1. The first-order chi connectivity index (χ1) is 5.52. The molecule has 0 saturated heterocycles. The molecule has 1 heterocycles. The van der Waals surface area contributed by atoms with Crippen molar-refractivity contribution in [1.29, 1.82) is 0 Å². The van der Waals surface area contributed by atoms with Gasteiger partial charge in [0.2, 0.25) is 12.2 Å². The van der Waals surface area contributed by atoms with E-state index >= 15 is 0 Å². The number of hydrogen-bond acceptors (Lipinski definition) is 3. The van der Waals surface area contributed by atoms with Crippen LogP contribution in [0.1, 0.15) is 13.8 Å². The molecule has 0 bridgehead atoms. The zero-order chi connectivity index (χ0) is 9.30. The molecule has 2 N–H and O–H groups in total. The lowest BCUT2D eigenvalue weighted by atomic mass is 10.3. The average molecular weight is 174 g/mol. The maximum Gasteiger partial charge on any atom is 0.284 e. The molecule has 12 heavy (non-hydrogen) atoms. The first-order valence-corrected chi connectivity index (χ1v) is 3.66. The second-order valence-corrected chi connectivity index (χ2v) is 2.87. The van der Waals surface area contributed by atoms with Crippen molar-refractivity contribution in [3.63, 3.8) is 0 Å². The third kappa shape index (κ3) is 1.55. The maximum atomic E-state index is 12.7. The molecule has 1 aliphatic rings. The Morgan fingerprint density at radius 1 is 1.75 bits per heavy atom. The number of rotatable bonds is 1. The first kappa shape index (κ1) is 8.99. The van der Waals surface area contributed by atoms with E-state index < -0.39 is 18.1 Å². The highest BCUT2D eigenvalue weighted by Crippen LogP contribution is 2.12. The molecule has 0 aromatic rings. The van der Waals surface area contributed by atoms with Crippen molar-refractivity contribution in [3.8, 4) is 0 Å². The number of amides is 1. The highest BCUT2D eigenvalue weighted by Gasteiger charge is 2.26. The molecule has 0 radical (unpaired) electrons. The highest BCUT2D eigenvalue weighted by atomic mass is 19.1. The van der Waals surface area contributed by atoms with Gasteiger partial charge in [-0.2, -0.15) is 4.39 Å². The molecule has 0 aromatic carbocycles. The smallest absolute Gasteiger partial charge is 0.284 e. The Morgan fingerprint density at radius 3 is 2.83 bits per heavy atom. The van der Waals surface area contributed by atoms with Crippen LogP contribution >= 0.6 is 0 Å². The van der Waals surface area contributed by atoms with Gasteiger partial charge in [-0.3, -0.25) is 4.79 Å². The topological polar surface area (TPSA) is 52.6 Å². The number of halogens is 1. The fourth-order valence-electron chi connectivity index (χ4n) is 0.952. The van der Waals surface area contributed by atoms with Crippen LogP contribution in [0.2, 0.25) is 0 Å². The standard InChI is InChI=1S/C7H11FN2O2/c1-4(2)10-3-5(8)6(11)9-7(10)12/h3-4,7,12H,1-2H3,(H,9,11). The van der Waals surface area contributed by atoms with E-state index in [9.17, 15) is 14.3 Å². The number of nitrogens with zero attached hydrogens (tertiary/aromatic N) is 1. The summed E-state index contributed by atoms with van der Waals surface area (Å²) in [6, 6.07) is -0.0636. The van der Waals surface area contributed by atoms with E-state index in [2.05, 4.69) is 5.32 Å². The average Bonchev–Trinajstić information content (AvgIpc) is 1.96. The molecular formula is C7H11FN2O2. The fourth-order valence-corrected chi connectivity index (χ4v) is 0.952. The predicted molar refractivity (Wildman–Crippen MR) is 40.3 cm³/mol. The molecule has 1 rings (SSSR count). The second-order valence-electron chi connectivity index (χ2n) is 2.87. The van der Waals surface area contributed by atoms with Gasteiger partial charge < -0.3 is 15.3 Å². The fraction of sp³-hybridized carbons (Fsp3) is 0.571. The van der Waals surface area contributed by atoms with Crippen LogP contribution in [0.25, 0.3) is 0 Å². The summed E-state index contributed by atoms with van der Waals surface area (Å²) >= 11 is 0. The Morgan fingerprint density at radius 2 is 2.33 bits per heavy atom. The molecule has 0 fully saturated rings. The predicted octanol–water partition coefficient (Wildman–Crippen LogP) is -0.0866. The number of aliphatic hydroxyl groups is 1.